The van der Waals surface area contributed by atoms with Gasteiger partial charge < -0.3 is 4.42 Å². The van der Waals surface area contributed by atoms with Crippen molar-refractivity contribution in [2.45, 2.75) is 0 Å². The minimum Gasteiger partial charge on any atom is -0.455 e. The Morgan fingerprint density at radius 1 is 0.340 bits per heavy atom. The number of hydrogen-bond acceptors (Lipinski definition) is 1. The van der Waals surface area contributed by atoms with Gasteiger partial charge in [0.05, 0.1) is 24.7 Å². The lowest BCUT2D eigenvalue weighted by Crippen LogP contribution is -1.91. The van der Waals surface area contributed by atoms with Crippen molar-refractivity contribution >= 4 is 32.5 Å². The molecule has 0 aliphatic rings. The quantitative estimate of drug-likeness (QED) is 0.175. The van der Waals surface area contributed by atoms with E-state index < -0.39 is 109 Å². The van der Waals surface area contributed by atoms with Crippen molar-refractivity contribution in [2.24, 2.45) is 0 Å². The van der Waals surface area contributed by atoms with Crippen molar-refractivity contribution in [3.05, 3.63) is 182 Å². The Labute approximate surface area is 299 Å². The highest BCUT2D eigenvalue weighted by molar-refractivity contribution is 6.25. The monoisotopic (exact) mass is 616 g/mol. The first kappa shape index (κ1) is 14.5. The molecule has 1 heterocycles. The van der Waals surface area contributed by atoms with Crippen LogP contribution in [-0.2, 0) is 0 Å². The molecule has 0 spiro atoms. The van der Waals surface area contributed by atoms with E-state index in [2.05, 4.69) is 0 Å². The fourth-order valence-corrected chi connectivity index (χ4v) is 6.08. The molecule has 0 radical (unpaired) electrons. The van der Waals surface area contributed by atoms with Gasteiger partial charge >= 0.3 is 0 Å². The third-order valence-corrected chi connectivity index (χ3v) is 8.08. The van der Waals surface area contributed by atoms with Crippen molar-refractivity contribution in [1.82, 2.24) is 0 Å². The summed E-state index contributed by atoms with van der Waals surface area (Å²) in [5, 5.41) is -0.306. The maximum Gasteiger partial charge on any atom is 0.143 e. The maximum absolute atomic E-state index is 9.54. The minimum atomic E-state index is -0.652. The first-order valence-electron chi connectivity index (χ1n) is 23.6. The molecule has 1 heteroatoms. The first-order chi connectivity index (χ1) is 30.8. The first-order valence-corrected chi connectivity index (χ1v) is 14.6. The molecule has 0 fully saturated rings. The summed E-state index contributed by atoms with van der Waals surface area (Å²) in [5.74, 6) is -0.0395. The Hall–Kier alpha value is -6.18. The van der Waals surface area contributed by atoms with Gasteiger partial charge in [-0.15, -0.1) is 0 Å². The number of furan rings is 1. The zero-order chi connectivity index (χ0) is 46.8. The summed E-state index contributed by atoms with van der Waals surface area (Å²) in [6.45, 7) is 0. The predicted molar refractivity (Wildman–Crippen MR) is 198 cm³/mol. The van der Waals surface area contributed by atoms with Crippen LogP contribution in [0.3, 0.4) is 0 Å². The number of fused-ring (bicyclic) bond motifs is 3. The van der Waals surface area contributed by atoms with Crippen molar-refractivity contribution in [2.75, 3.05) is 0 Å². The lowest BCUT2D eigenvalue weighted by Gasteiger charge is -2.18. The standard InChI is InChI=1S/C46H30O/c1-4-15-31(16-5-1)34-21-14-22-36(29-34)46-45(41-30-35(27-28-42(41)47-46)32-17-6-2-7-18-32)44-39-25-12-10-23-37(39)43(33-19-8-3-9-20-33)38-24-11-13-26-40(38)44/h1-30H/i1D,2D,4D,5D,6D,7D,10D,11D,12D,13D,15D,16D,17D,18D,23D,24D,25D,26D. The van der Waals surface area contributed by atoms with E-state index >= 15 is 0 Å². The van der Waals surface area contributed by atoms with Gasteiger partial charge in [0.15, 0.2) is 0 Å². The van der Waals surface area contributed by atoms with E-state index in [0.29, 0.717) is 5.56 Å². The molecule has 1 nitrogen and oxygen atoms in total. The normalized spacial score (nSPS) is 16.8. The fourth-order valence-electron chi connectivity index (χ4n) is 6.08. The predicted octanol–water partition coefficient (Wildman–Crippen LogP) is 13.1. The SMILES string of the molecule is [2H]c1c([2H])c([2H])c(-c2cccc(-c3oc4ccc(-c5c([2H])c([2H])c([2H])c([2H])c5[2H])cc4c3-c3c4c([2H])c([2H])c([2H])c([2H])c4c(-c4ccccc4)c4c([2H])c([2H])c([2H])c([2H])c34)c2)c([2H])c1[2H]. The zero-order valence-corrected chi connectivity index (χ0v) is 24.3. The fraction of sp³-hybridized carbons (Fsp3) is 0. The van der Waals surface area contributed by atoms with Crippen molar-refractivity contribution in [3.8, 4) is 55.8 Å². The van der Waals surface area contributed by atoms with E-state index in [9.17, 15) is 5.48 Å². The van der Waals surface area contributed by atoms with Crippen LogP contribution in [0.2, 0.25) is 0 Å². The Balaban J connectivity index is 1.55. The van der Waals surface area contributed by atoms with Crippen LogP contribution in [0.25, 0.3) is 88.3 Å². The van der Waals surface area contributed by atoms with Gasteiger partial charge in [-0.05, 0) is 73.1 Å². The van der Waals surface area contributed by atoms with Gasteiger partial charge in [0.25, 0.3) is 0 Å². The molecule has 47 heavy (non-hydrogen) atoms. The van der Waals surface area contributed by atoms with Gasteiger partial charge in [0.2, 0.25) is 0 Å². The van der Waals surface area contributed by atoms with Crippen molar-refractivity contribution < 1.29 is 29.1 Å². The van der Waals surface area contributed by atoms with Crippen LogP contribution < -0.4 is 0 Å². The van der Waals surface area contributed by atoms with Gasteiger partial charge in [0.1, 0.15) is 11.3 Å². The maximum atomic E-state index is 9.54. The van der Waals surface area contributed by atoms with E-state index in [-0.39, 0.29) is 82.8 Å². The Morgan fingerprint density at radius 3 is 1.47 bits per heavy atom. The number of hydrogen-bond donors (Lipinski definition) is 0. The minimum absolute atomic E-state index is 0.0251. The van der Waals surface area contributed by atoms with Crippen LogP contribution in [0.5, 0.6) is 0 Å². The molecular weight excluding hydrogens is 569 g/mol. The molecule has 1 aromatic heterocycles. The van der Waals surface area contributed by atoms with Crippen LogP contribution in [-0.4, -0.2) is 0 Å². The molecule has 0 saturated heterocycles. The highest BCUT2D eigenvalue weighted by atomic mass is 16.3. The molecule has 0 aliphatic carbocycles. The molecule has 8 aromatic carbocycles. The smallest absolute Gasteiger partial charge is 0.143 e. The van der Waals surface area contributed by atoms with Crippen LogP contribution >= 0.6 is 0 Å². The molecule has 220 valence electrons. The lowest BCUT2D eigenvalue weighted by atomic mass is 9.84. The average Bonchev–Trinajstić information content (AvgIpc) is 3.69. The molecule has 0 atom stereocenters. The van der Waals surface area contributed by atoms with Gasteiger partial charge in [-0.1, -0.05) is 163 Å². The summed E-state index contributed by atoms with van der Waals surface area (Å²) in [6.07, 6.45) is 0. The molecule has 9 aromatic rings. The second-order valence-electron chi connectivity index (χ2n) is 10.7. The van der Waals surface area contributed by atoms with Gasteiger partial charge in [-0.2, -0.15) is 0 Å². The molecule has 0 bridgehead atoms. The summed E-state index contributed by atoms with van der Waals surface area (Å²) in [5.41, 5.74) is 0.711. The van der Waals surface area contributed by atoms with Crippen LogP contribution in [0, 0.1) is 0 Å². The largest absolute Gasteiger partial charge is 0.455 e. The Bertz CT molecular complexity index is 3440. The summed E-state index contributed by atoms with van der Waals surface area (Å²) in [7, 11) is 0. The third-order valence-electron chi connectivity index (χ3n) is 8.08. The summed E-state index contributed by atoms with van der Waals surface area (Å²) < 4.78 is 165. The van der Waals surface area contributed by atoms with E-state index in [1.165, 1.54) is 30.3 Å². The van der Waals surface area contributed by atoms with E-state index in [0.717, 1.165) is 0 Å². The van der Waals surface area contributed by atoms with Gasteiger partial charge in [0, 0.05) is 22.1 Å². The molecular formula is C46H30O. The van der Waals surface area contributed by atoms with Crippen LogP contribution in [0.1, 0.15) is 24.7 Å². The summed E-state index contributed by atoms with van der Waals surface area (Å²) in [6, 6.07) is 8.79. The summed E-state index contributed by atoms with van der Waals surface area (Å²) in [4.78, 5) is 0. The second kappa shape index (κ2) is 11.3. The van der Waals surface area contributed by atoms with E-state index in [1.54, 1.807) is 42.5 Å². The van der Waals surface area contributed by atoms with Crippen molar-refractivity contribution in [3.63, 3.8) is 0 Å². The van der Waals surface area contributed by atoms with Crippen LogP contribution in [0.4, 0.5) is 0 Å². The van der Waals surface area contributed by atoms with Crippen molar-refractivity contribution in [1.29, 1.82) is 0 Å². The number of rotatable bonds is 5. The Kier molecular flexibility index (Phi) is 3.49. The Morgan fingerprint density at radius 2 is 0.851 bits per heavy atom. The molecule has 0 unspecified atom stereocenters. The molecule has 0 aliphatic heterocycles. The summed E-state index contributed by atoms with van der Waals surface area (Å²) >= 11 is 0. The molecule has 0 amide bonds. The average molecular weight is 617 g/mol. The molecule has 0 saturated carbocycles. The molecule has 9 rings (SSSR count). The topological polar surface area (TPSA) is 13.1 Å². The third kappa shape index (κ3) is 4.64. The highest BCUT2D eigenvalue weighted by Crippen LogP contribution is 2.50. The highest BCUT2D eigenvalue weighted by Gasteiger charge is 2.24. The van der Waals surface area contributed by atoms with Gasteiger partial charge in [-0.3, -0.25) is 0 Å². The lowest BCUT2D eigenvalue weighted by molar-refractivity contribution is 0.632. The van der Waals surface area contributed by atoms with E-state index in [1.807, 2.05) is 0 Å². The zero-order valence-electron chi connectivity index (χ0n) is 42.3. The number of benzene rings is 8. The second-order valence-corrected chi connectivity index (χ2v) is 10.7. The molecule has 0 N–H and O–H groups in total. The van der Waals surface area contributed by atoms with Gasteiger partial charge in [-0.25, -0.2) is 0 Å². The van der Waals surface area contributed by atoms with E-state index in [4.69, 9.17) is 23.6 Å². The van der Waals surface area contributed by atoms with Crippen LogP contribution in [0.15, 0.2) is 186 Å².